The number of amides is 1. The lowest BCUT2D eigenvalue weighted by atomic mass is 10.2. The number of carbonyl (C=O) groups is 1. The molecule has 1 aliphatic heterocycles. The molecule has 1 amide bonds. The van der Waals surface area contributed by atoms with E-state index in [1.807, 2.05) is 31.2 Å². The average Bonchev–Trinajstić information content (AvgIpc) is 3.28. The number of aromatic nitrogens is 4. The Kier molecular flexibility index (Phi) is 7.50. The molecule has 174 valence electrons. The summed E-state index contributed by atoms with van der Waals surface area (Å²) >= 11 is 0.400. The molecule has 2 aromatic carbocycles. The number of piperazine rings is 1. The maximum atomic E-state index is 12.9. The molecule has 8 nitrogen and oxygen atoms in total. The molecule has 1 fully saturated rings. The number of tetrazole rings is 1. The van der Waals surface area contributed by atoms with E-state index in [-0.39, 0.29) is 5.91 Å². The summed E-state index contributed by atoms with van der Waals surface area (Å²) in [6.07, 6.45) is 0. The van der Waals surface area contributed by atoms with Crippen molar-refractivity contribution in [2.24, 2.45) is 0 Å². The Bertz CT molecular complexity index is 1070. The summed E-state index contributed by atoms with van der Waals surface area (Å²) < 4.78 is 32.9. The highest BCUT2D eigenvalue weighted by molar-refractivity contribution is 7.99. The fourth-order valence-electron chi connectivity index (χ4n) is 3.68. The summed E-state index contributed by atoms with van der Waals surface area (Å²) in [5, 5.41) is 12.1. The Morgan fingerprint density at radius 1 is 1.09 bits per heavy atom. The van der Waals surface area contributed by atoms with Gasteiger partial charge in [0.15, 0.2) is 5.82 Å². The van der Waals surface area contributed by atoms with Crippen molar-refractivity contribution in [1.29, 1.82) is 0 Å². The Morgan fingerprint density at radius 2 is 1.82 bits per heavy atom. The average molecular weight is 475 g/mol. The highest BCUT2D eigenvalue weighted by atomic mass is 32.2. The van der Waals surface area contributed by atoms with Gasteiger partial charge in [-0.05, 0) is 53.7 Å². The van der Waals surface area contributed by atoms with E-state index in [2.05, 4.69) is 20.4 Å². The van der Waals surface area contributed by atoms with E-state index in [9.17, 15) is 13.6 Å². The van der Waals surface area contributed by atoms with Crippen molar-refractivity contribution in [1.82, 2.24) is 30.0 Å². The van der Waals surface area contributed by atoms with Crippen molar-refractivity contribution in [2.45, 2.75) is 24.1 Å². The lowest BCUT2D eigenvalue weighted by Crippen LogP contribution is -2.48. The zero-order chi connectivity index (χ0) is 23.2. The highest BCUT2D eigenvalue weighted by Crippen LogP contribution is 2.29. The third-order valence-electron chi connectivity index (χ3n) is 5.28. The van der Waals surface area contributed by atoms with Crippen molar-refractivity contribution in [3.8, 4) is 11.4 Å². The monoisotopic (exact) mass is 474 g/mol. The molecule has 0 spiro atoms. The van der Waals surface area contributed by atoms with Gasteiger partial charge in [-0.15, -0.1) is 5.10 Å². The normalized spacial score (nSPS) is 14.6. The first-order valence-corrected chi connectivity index (χ1v) is 11.5. The predicted octanol–water partition coefficient (Wildman–Crippen LogP) is 3.33. The summed E-state index contributed by atoms with van der Waals surface area (Å²) in [6.45, 7) is 5.31. The molecule has 1 aromatic heterocycles. The van der Waals surface area contributed by atoms with Crippen molar-refractivity contribution in [3.05, 3.63) is 59.9 Å². The SMILES string of the molecule is CCOc1ccc(-n2nnnc2CN2CCN(C(=O)c3ccccc3SC(F)F)CC2)cc1. The molecule has 11 heteroatoms. The lowest BCUT2D eigenvalue weighted by Gasteiger charge is -2.34. The maximum Gasteiger partial charge on any atom is 0.288 e. The molecule has 0 saturated carbocycles. The van der Waals surface area contributed by atoms with E-state index >= 15 is 0 Å². The van der Waals surface area contributed by atoms with Crippen molar-refractivity contribution in [2.75, 3.05) is 32.8 Å². The molecule has 33 heavy (non-hydrogen) atoms. The summed E-state index contributed by atoms with van der Waals surface area (Å²) in [7, 11) is 0. The summed E-state index contributed by atoms with van der Waals surface area (Å²) in [5.41, 5.74) is 1.15. The van der Waals surface area contributed by atoms with E-state index in [4.69, 9.17) is 4.74 Å². The van der Waals surface area contributed by atoms with E-state index in [1.165, 1.54) is 0 Å². The van der Waals surface area contributed by atoms with Crippen LogP contribution in [0.15, 0.2) is 53.4 Å². The summed E-state index contributed by atoms with van der Waals surface area (Å²) in [6, 6.07) is 14.1. The molecule has 0 unspecified atom stereocenters. The van der Waals surface area contributed by atoms with E-state index in [0.717, 1.165) is 11.4 Å². The van der Waals surface area contributed by atoms with Gasteiger partial charge in [-0.1, -0.05) is 23.9 Å². The number of halogens is 2. The summed E-state index contributed by atoms with van der Waals surface area (Å²) in [4.78, 5) is 17.1. The zero-order valence-corrected chi connectivity index (χ0v) is 18.9. The number of benzene rings is 2. The van der Waals surface area contributed by atoms with Crippen LogP contribution in [0.3, 0.4) is 0 Å². The Balaban J connectivity index is 1.37. The molecule has 0 aliphatic carbocycles. The van der Waals surface area contributed by atoms with Gasteiger partial charge in [0.1, 0.15) is 5.75 Å². The van der Waals surface area contributed by atoms with Crippen LogP contribution < -0.4 is 4.74 Å². The molecule has 1 saturated heterocycles. The largest absolute Gasteiger partial charge is 0.494 e. The van der Waals surface area contributed by atoms with Crippen molar-refractivity contribution < 1.29 is 18.3 Å². The van der Waals surface area contributed by atoms with Gasteiger partial charge in [0.2, 0.25) is 0 Å². The molecular formula is C22H24F2N6O2S. The van der Waals surface area contributed by atoms with Crippen LogP contribution in [-0.4, -0.2) is 74.5 Å². The van der Waals surface area contributed by atoms with Gasteiger partial charge in [-0.25, -0.2) is 0 Å². The number of hydrogen-bond donors (Lipinski definition) is 0. The zero-order valence-electron chi connectivity index (χ0n) is 18.1. The van der Waals surface area contributed by atoms with Gasteiger partial charge in [0, 0.05) is 31.1 Å². The molecule has 1 aliphatic rings. The van der Waals surface area contributed by atoms with Crippen LogP contribution in [0.4, 0.5) is 8.78 Å². The Labute approximate surface area is 194 Å². The van der Waals surface area contributed by atoms with Crippen LogP contribution in [-0.2, 0) is 6.54 Å². The highest BCUT2D eigenvalue weighted by Gasteiger charge is 2.25. The summed E-state index contributed by atoms with van der Waals surface area (Å²) in [5.74, 6) is -1.32. The molecule has 4 rings (SSSR count). The van der Waals surface area contributed by atoms with Crippen LogP contribution in [0, 0.1) is 0 Å². The molecule has 2 heterocycles. The van der Waals surface area contributed by atoms with Crippen LogP contribution in [0.2, 0.25) is 0 Å². The first-order chi connectivity index (χ1) is 16.0. The third-order valence-corrected chi connectivity index (χ3v) is 6.07. The molecule has 0 radical (unpaired) electrons. The van der Waals surface area contributed by atoms with Crippen LogP contribution in [0.5, 0.6) is 5.75 Å². The van der Waals surface area contributed by atoms with Gasteiger partial charge in [-0.3, -0.25) is 9.69 Å². The quantitative estimate of drug-likeness (QED) is 0.464. The lowest BCUT2D eigenvalue weighted by molar-refractivity contribution is 0.0621. The second kappa shape index (κ2) is 10.7. The fraction of sp³-hybridized carbons (Fsp3) is 0.364. The number of nitrogens with zero attached hydrogens (tertiary/aromatic N) is 6. The first-order valence-electron chi connectivity index (χ1n) is 10.6. The molecular weight excluding hydrogens is 450 g/mol. The topological polar surface area (TPSA) is 76.4 Å². The smallest absolute Gasteiger partial charge is 0.288 e. The maximum absolute atomic E-state index is 12.9. The van der Waals surface area contributed by atoms with Crippen molar-refractivity contribution in [3.63, 3.8) is 0 Å². The first kappa shape index (κ1) is 23.1. The fourth-order valence-corrected chi connectivity index (χ4v) is 4.31. The minimum atomic E-state index is -2.57. The Morgan fingerprint density at radius 3 is 2.52 bits per heavy atom. The second-order valence-corrected chi connectivity index (χ2v) is 8.41. The van der Waals surface area contributed by atoms with Crippen LogP contribution >= 0.6 is 11.8 Å². The minimum Gasteiger partial charge on any atom is -0.494 e. The van der Waals surface area contributed by atoms with Gasteiger partial charge in [0.25, 0.3) is 11.7 Å². The Hall–Kier alpha value is -3.05. The van der Waals surface area contributed by atoms with E-state index in [1.54, 1.807) is 33.8 Å². The van der Waals surface area contributed by atoms with Gasteiger partial charge < -0.3 is 9.64 Å². The molecule has 0 bridgehead atoms. The number of thioether (sulfide) groups is 1. The molecule has 0 N–H and O–H groups in total. The molecule has 3 aromatic rings. The third kappa shape index (κ3) is 5.66. The molecule has 0 atom stereocenters. The van der Waals surface area contributed by atoms with Crippen LogP contribution in [0.1, 0.15) is 23.1 Å². The number of rotatable bonds is 8. The van der Waals surface area contributed by atoms with E-state index in [0.29, 0.717) is 67.4 Å². The predicted molar refractivity (Wildman–Crippen MR) is 120 cm³/mol. The number of ether oxygens (including phenoxy) is 1. The standard InChI is InChI=1S/C22H24F2N6O2S/c1-2-32-17-9-7-16(8-10-17)30-20(25-26-27-30)15-28-11-13-29(14-12-28)21(31)18-5-3-4-6-19(18)33-22(23)24/h3-10,22H,2,11-15H2,1H3. The number of hydrogen-bond acceptors (Lipinski definition) is 7. The van der Waals surface area contributed by atoms with Gasteiger partial charge in [-0.2, -0.15) is 13.5 Å². The minimum absolute atomic E-state index is 0.224. The second-order valence-electron chi connectivity index (χ2n) is 7.38. The number of carbonyl (C=O) groups excluding carboxylic acids is 1. The number of alkyl halides is 2. The van der Waals surface area contributed by atoms with E-state index < -0.39 is 5.76 Å². The van der Waals surface area contributed by atoms with Gasteiger partial charge in [0.05, 0.1) is 24.4 Å². The van der Waals surface area contributed by atoms with Crippen LogP contribution in [0.25, 0.3) is 5.69 Å². The van der Waals surface area contributed by atoms with Crippen molar-refractivity contribution >= 4 is 17.7 Å². The van der Waals surface area contributed by atoms with Gasteiger partial charge >= 0.3 is 0 Å².